The van der Waals surface area contributed by atoms with E-state index in [-0.39, 0.29) is 24.3 Å². The van der Waals surface area contributed by atoms with E-state index in [9.17, 15) is 9.59 Å². The predicted molar refractivity (Wildman–Crippen MR) is 74.2 cm³/mol. The van der Waals surface area contributed by atoms with Crippen LogP contribution in [0, 0.1) is 0 Å². The van der Waals surface area contributed by atoms with Crippen molar-refractivity contribution in [3.05, 3.63) is 11.1 Å². The second-order valence-electron chi connectivity index (χ2n) is 4.22. The van der Waals surface area contributed by atoms with E-state index in [1.54, 1.807) is 33.3 Å². The Morgan fingerprint density at radius 1 is 1.53 bits per heavy atom. The maximum atomic E-state index is 11.7. The lowest BCUT2D eigenvalue weighted by atomic mass is 10.3. The summed E-state index contributed by atoms with van der Waals surface area (Å²) >= 11 is 1.37. The number of rotatable bonds is 6. The molecule has 1 N–H and O–H groups in total. The number of nitrogens with one attached hydrogen (secondary N) is 1. The van der Waals surface area contributed by atoms with Crippen LogP contribution in [0.1, 0.15) is 19.5 Å². The Balaban J connectivity index is 2.55. The number of hydrogen-bond acceptors (Lipinski definition) is 6. The van der Waals surface area contributed by atoms with E-state index in [0.29, 0.717) is 17.4 Å². The molecule has 0 spiro atoms. The molecule has 1 rings (SSSR count). The smallest absolute Gasteiger partial charge is 0.311 e. The van der Waals surface area contributed by atoms with E-state index < -0.39 is 0 Å². The van der Waals surface area contributed by atoms with Gasteiger partial charge in [-0.15, -0.1) is 11.3 Å². The molecule has 0 aliphatic heterocycles. The second kappa shape index (κ2) is 7.08. The van der Waals surface area contributed by atoms with Crippen LogP contribution in [0.5, 0.6) is 0 Å². The van der Waals surface area contributed by atoms with E-state index in [0.717, 1.165) is 0 Å². The van der Waals surface area contributed by atoms with Gasteiger partial charge in [0.1, 0.15) is 6.04 Å². The largest absolute Gasteiger partial charge is 0.466 e. The topological polar surface area (TPSA) is 71.5 Å². The number of amides is 1. The van der Waals surface area contributed by atoms with E-state index in [1.807, 2.05) is 0 Å². The Bertz CT molecular complexity index is 445. The molecule has 1 aromatic rings. The van der Waals surface area contributed by atoms with Crippen molar-refractivity contribution in [1.82, 2.24) is 9.88 Å². The monoisotopic (exact) mass is 285 g/mol. The van der Waals surface area contributed by atoms with Crippen molar-refractivity contribution in [2.24, 2.45) is 0 Å². The van der Waals surface area contributed by atoms with Gasteiger partial charge in [-0.05, 0) is 13.8 Å². The molecule has 1 unspecified atom stereocenters. The number of ether oxygens (including phenoxy) is 1. The third kappa shape index (κ3) is 4.86. The van der Waals surface area contributed by atoms with Crippen molar-refractivity contribution in [3.63, 3.8) is 0 Å². The second-order valence-corrected chi connectivity index (χ2v) is 5.08. The molecule has 0 saturated carbocycles. The number of esters is 1. The number of carbonyl (C=O) groups excluding carboxylic acids is 2. The van der Waals surface area contributed by atoms with Gasteiger partial charge in [0.05, 0.1) is 18.7 Å². The van der Waals surface area contributed by atoms with E-state index in [4.69, 9.17) is 4.74 Å². The van der Waals surface area contributed by atoms with Crippen molar-refractivity contribution < 1.29 is 14.3 Å². The molecule has 0 saturated heterocycles. The minimum atomic E-state index is -0.350. The zero-order valence-corrected chi connectivity index (χ0v) is 12.4. The van der Waals surface area contributed by atoms with Gasteiger partial charge < -0.3 is 15.0 Å². The molecule has 0 radical (unpaired) electrons. The van der Waals surface area contributed by atoms with Gasteiger partial charge in [-0.25, -0.2) is 4.98 Å². The van der Waals surface area contributed by atoms with Gasteiger partial charge in [0.15, 0.2) is 5.13 Å². The molecule has 106 valence electrons. The lowest BCUT2D eigenvalue weighted by Crippen LogP contribution is -2.36. The van der Waals surface area contributed by atoms with Crippen molar-refractivity contribution in [1.29, 1.82) is 0 Å². The normalized spacial score (nSPS) is 11.8. The summed E-state index contributed by atoms with van der Waals surface area (Å²) in [6, 6.07) is -0.350. The first-order valence-electron chi connectivity index (χ1n) is 6.01. The summed E-state index contributed by atoms with van der Waals surface area (Å²) in [5, 5.41) is 5.42. The maximum absolute atomic E-state index is 11.7. The number of hydrogen-bond donors (Lipinski definition) is 1. The van der Waals surface area contributed by atoms with Gasteiger partial charge >= 0.3 is 5.97 Å². The lowest BCUT2D eigenvalue weighted by molar-refractivity contribution is -0.142. The molecular formula is C12H19N3O3S. The number of aromatic nitrogens is 1. The SMILES string of the molecule is CCOC(=O)Cc1csc(NC(C)C(=O)N(C)C)n1. The summed E-state index contributed by atoms with van der Waals surface area (Å²) in [6.07, 6.45) is 0.155. The van der Waals surface area contributed by atoms with Crippen molar-refractivity contribution in [3.8, 4) is 0 Å². The molecule has 1 atom stereocenters. The van der Waals surface area contributed by atoms with Crippen LogP contribution in [0.25, 0.3) is 0 Å². The minimum absolute atomic E-state index is 0.0258. The first-order valence-corrected chi connectivity index (χ1v) is 6.89. The molecule has 1 amide bonds. The number of carbonyl (C=O) groups is 2. The average Bonchev–Trinajstić information content (AvgIpc) is 2.75. The zero-order valence-electron chi connectivity index (χ0n) is 11.6. The van der Waals surface area contributed by atoms with Crippen molar-refractivity contribution in [2.75, 3.05) is 26.0 Å². The molecule has 1 heterocycles. The molecule has 19 heavy (non-hydrogen) atoms. The summed E-state index contributed by atoms with van der Waals surface area (Å²) < 4.78 is 4.85. The molecule has 0 aromatic carbocycles. The van der Waals surface area contributed by atoms with Crippen LogP contribution in [-0.2, 0) is 20.7 Å². The van der Waals surface area contributed by atoms with E-state index in [2.05, 4.69) is 10.3 Å². The van der Waals surface area contributed by atoms with Crippen LogP contribution < -0.4 is 5.32 Å². The highest BCUT2D eigenvalue weighted by Gasteiger charge is 2.16. The van der Waals surface area contributed by atoms with Gasteiger partial charge in [-0.1, -0.05) is 0 Å². The highest BCUT2D eigenvalue weighted by atomic mass is 32.1. The molecule has 0 fully saturated rings. The third-order valence-corrected chi connectivity index (χ3v) is 3.16. The predicted octanol–water partition coefficient (Wildman–Crippen LogP) is 1.14. The third-order valence-electron chi connectivity index (χ3n) is 2.33. The molecule has 0 bridgehead atoms. The first kappa shape index (κ1) is 15.4. The Morgan fingerprint density at radius 2 is 2.21 bits per heavy atom. The number of anilines is 1. The fourth-order valence-corrected chi connectivity index (χ4v) is 2.25. The number of likely N-dealkylation sites (N-methyl/N-ethyl adjacent to an activating group) is 1. The highest BCUT2D eigenvalue weighted by Crippen LogP contribution is 2.17. The zero-order chi connectivity index (χ0) is 14.4. The van der Waals surface area contributed by atoms with Crippen LogP contribution in [0.3, 0.4) is 0 Å². The van der Waals surface area contributed by atoms with Gasteiger partial charge in [0, 0.05) is 19.5 Å². The summed E-state index contributed by atoms with van der Waals surface area (Å²) in [7, 11) is 3.41. The van der Waals surface area contributed by atoms with E-state index in [1.165, 1.54) is 16.2 Å². The standard InChI is InChI=1S/C12H19N3O3S/c1-5-18-10(16)6-9-7-19-12(14-9)13-8(2)11(17)15(3)4/h7-8H,5-6H2,1-4H3,(H,13,14). The quantitative estimate of drug-likeness (QED) is 0.794. The maximum Gasteiger partial charge on any atom is 0.311 e. The summed E-state index contributed by atoms with van der Waals surface area (Å²) in [6.45, 7) is 3.90. The molecule has 0 aliphatic rings. The summed E-state index contributed by atoms with van der Waals surface area (Å²) in [5.41, 5.74) is 0.649. The Labute approximate surface area is 116 Å². The van der Waals surface area contributed by atoms with Gasteiger partial charge in [0.2, 0.25) is 5.91 Å². The first-order chi connectivity index (χ1) is 8.93. The number of thiazole rings is 1. The highest BCUT2D eigenvalue weighted by molar-refractivity contribution is 7.13. The van der Waals surface area contributed by atoms with Gasteiger partial charge in [-0.2, -0.15) is 0 Å². The molecule has 7 heteroatoms. The fraction of sp³-hybridized carbons (Fsp3) is 0.583. The van der Waals surface area contributed by atoms with Crippen molar-refractivity contribution >= 4 is 28.3 Å². The van der Waals surface area contributed by atoms with Crippen LogP contribution in [0.4, 0.5) is 5.13 Å². The molecule has 6 nitrogen and oxygen atoms in total. The van der Waals surface area contributed by atoms with Crippen molar-refractivity contribution in [2.45, 2.75) is 26.3 Å². The fourth-order valence-electron chi connectivity index (χ4n) is 1.45. The van der Waals surface area contributed by atoms with Gasteiger partial charge in [0.25, 0.3) is 0 Å². The lowest BCUT2D eigenvalue weighted by Gasteiger charge is -2.17. The Hall–Kier alpha value is -1.63. The molecular weight excluding hydrogens is 266 g/mol. The molecule has 1 aromatic heterocycles. The summed E-state index contributed by atoms with van der Waals surface area (Å²) in [4.78, 5) is 28.8. The van der Waals surface area contributed by atoms with Crippen LogP contribution in [0.2, 0.25) is 0 Å². The van der Waals surface area contributed by atoms with Crippen LogP contribution >= 0.6 is 11.3 Å². The van der Waals surface area contributed by atoms with E-state index >= 15 is 0 Å². The average molecular weight is 285 g/mol. The Morgan fingerprint density at radius 3 is 2.79 bits per heavy atom. The van der Waals surface area contributed by atoms with Crippen LogP contribution in [0.15, 0.2) is 5.38 Å². The van der Waals surface area contributed by atoms with Crippen LogP contribution in [-0.4, -0.2) is 48.5 Å². The van der Waals surface area contributed by atoms with Gasteiger partial charge in [-0.3, -0.25) is 9.59 Å². The molecule has 0 aliphatic carbocycles. The number of nitrogens with zero attached hydrogens (tertiary/aromatic N) is 2. The minimum Gasteiger partial charge on any atom is -0.466 e. The Kier molecular flexibility index (Phi) is 5.75. The summed E-state index contributed by atoms with van der Waals surface area (Å²) in [5.74, 6) is -0.320.